The van der Waals surface area contributed by atoms with Crippen LogP contribution in [0.1, 0.15) is 59.3 Å². The Morgan fingerprint density at radius 2 is 1.83 bits per heavy atom. The van der Waals surface area contributed by atoms with Crippen LogP contribution in [0.3, 0.4) is 0 Å². The zero-order valence-electron chi connectivity index (χ0n) is 14.4. The lowest BCUT2D eigenvalue weighted by atomic mass is 9.83. The number of carbonyl (C=O) groups is 2. The molecule has 0 bridgehead atoms. The number of ether oxygens (including phenoxy) is 1. The lowest BCUT2D eigenvalue weighted by molar-refractivity contribution is -0.134. The average molecular weight is 328 g/mol. The molecule has 6 heteroatoms. The summed E-state index contributed by atoms with van der Waals surface area (Å²) in [5, 5.41) is 2.76. The van der Waals surface area contributed by atoms with Gasteiger partial charge in [0.15, 0.2) is 0 Å². The molecule has 1 saturated heterocycles. The standard InChI is InChI=1S/C17H29FN2O3/c1-17(2,3)23-16(22)19-14(12-7-5-4-6-8-12)15(21)20-10-9-13(18)11-20/h12-14H,4-11H2,1-3H3,(H,19,22)/t13-,14-/m0/s1. The van der Waals surface area contributed by atoms with Gasteiger partial charge in [-0.15, -0.1) is 0 Å². The Hall–Kier alpha value is -1.33. The maximum atomic E-state index is 13.4. The summed E-state index contributed by atoms with van der Waals surface area (Å²) in [6.07, 6.45) is 3.99. The third-order valence-corrected chi connectivity index (χ3v) is 4.50. The van der Waals surface area contributed by atoms with E-state index in [4.69, 9.17) is 4.74 Å². The van der Waals surface area contributed by atoms with Gasteiger partial charge in [0.2, 0.25) is 5.91 Å². The van der Waals surface area contributed by atoms with Crippen LogP contribution < -0.4 is 5.32 Å². The van der Waals surface area contributed by atoms with Crippen LogP contribution in [-0.2, 0) is 9.53 Å². The Morgan fingerprint density at radius 3 is 2.35 bits per heavy atom. The van der Waals surface area contributed by atoms with E-state index in [0.717, 1.165) is 25.7 Å². The van der Waals surface area contributed by atoms with E-state index in [-0.39, 0.29) is 18.4 Å². The van der Waals surface area contributed by atoms with Gasteiger partial charge >= 0.3 is 6.09 Å². The third-order valence-electron chi connectivity index (χ3n) is 4.50. The number of carbonyl (C=O) groups excluding carboxylic acids is 2. The second-order valence-electron chi connectivity index (χ2n) is 7.69. The lowest BCUT2D eigenvalue weighted by Gasteiger charge is -2.33. The number of halogens is 1. The molecule has 1 aliphatic heterocycles. The van der Waals surface area contributed by atoms with Crippen LogP contribution in [0.2, 0.25) is 0 Å². The van der Waals surface area contributed by atoms with Gasteiger partial charge in [-0.05, 0) is 46.0 Å². The number of nitrogens with one attached hydrogen (secondary N) is 1. The largest absolute Gasteiger partial charge is 0.444 e. The second kappa shape index (κ2) is 7.49. The fourth-order valence-electron chi connectivity index (χ4n) is 3.40. The monoisotopic (exact) mass is 328 g/mol. The number of alkyl halides is 1. The molecule has 1 saturated carbocycles. The van der Waals surface area contributed by atoms with Crippen molar-refractivity contribution in [1.82, 2.24) is 10.2 Å². The zero-order valence-corrected chi connectivity index (χ0v) is 14.4. The number of alkyl carbamates (subject to hydrolysis) is 1. The molecule has 0 spiro atoms. The molecule has 1 N–H and O–H groups in total. The van der Waals surface area contributed by atoms with Gasteiger partial charge in [0.25, 0.3) is 0 Å². The minimum Gasteiger partial charge on any atom is -0.444 e. The molecule has 0 unspecified atom stereocenters. The highest BCUT2D eigenvalue weighted by Gasteiger charge is 2.37. The van der Waals surface area contributed by atoms with Crippen molar-refractivity contribution in [3.8, 4) is 0 Å². The van der Waals surface area contributed by atoms with Crippen LogP contribution in [-0.4, -0.2) is 47.8 Å². The Balaban J connectivity index is 2.04. The summed E-state index contributed by atoms with van der Waals surface area (Å²) in [6.45, 7) is 5.94. The predicted molar refractivity (Wildman–Crippen MR) is 85.8 cm³/mol. The molecule has 0 aromatic carbocycles. The Kier molecular flexibility index (Phi) is 5.87. The van der Waals surface area contributed by atoms with Crippen LogP contribution >= 0.6 is 0 Å². The first kappa shape index (κ1) is 18.0. The quantitative estimate of drug-likeness (QED) is 0.866. The Bertz CT molecular complexity index is 430. The van der Waals surface area contributed by atoms with Crippen LogP contribution in [0.15, 0.2) is 0 Å². The van der Waals surface area contributed by atoms with E-state index >= 15 is 0 Å². The fourth-order valence-corrected chi connectivity index (χ4v) is 3.40. The smallest absolute Gasteiger partial charge is 0.408 e. The summed E-state index contributed by atoms with van der Waals surface area (Å²) in [6, 6.07) is -0.601. The van der Waals surface area contributed by atoms with E-state index < -0.39 is 23.9 Å². The molecule has 23 heavy (non-hydrogen) atoms. The van der Waals surface area contributed by atoms with E-state index in [2.05, 4.69) is 5.32 Å². The molecule has 1 aliphatic carbocycles. The Labute approximate surface area is 137 Å². The minimum absolute atomic E-state index is 0.113. The summed E-state index contributed by atoms with van der Waals surface area (Å²) in [5.74, 6) is -0.0506. The summed E-state index contributed by atoms with van der Waals surface area (Å²) >= 11 is 0. The topological polar surface area (TPSA) is 58.6 Å². The van der Waals surface area contributed by atoms with Crippen molar-refractivity contribution < 1.29 is 18.7 Å². The van der Waals surface area contributed by atoms with Crippen molar-refractivity contribution >= 4 is 12.0 Å². The van der Waals surface area contributed by atoms with Gasteiger partial charge in [0, 0.05) is 6.54 Å². The highest BCUT2D eigenvalue weighted by molar-refractivity contribution is 5.86. The van der Waals surface area contributed by atoms with Crippen molar-refractivity contribution in [2.24, 2.45) is 5.92 Å². The number of likely N-dealkylation sites (tertiary alicyclic amines) is 1. The molecule has 0 aromatic rings. The molecular formula is C17H29FN2O3. The maximum Gasteiger partial charge on any atom is 0.408 e. The first-order chi connectivity index (χ1) is 10.8. The van der Waals surface area contributed by atoms with Gasteiger partial charge in [0.1, 0.15) is 17.8 Å². The van der Waals surface area contributed by atoms with E-state index in [1.807, 2.05) is 0 Å². The summed E-state index contributed by atoms with van der Waals surface area (Å²) in [4.78, 5) is 26.4. The van der Waals surface area contributed by atoms with Crippen LogP contribution in [0.25, 0.3) is 0 Å². The lowest BCUT2D eigenvalue weighted by Crippen LogP contribution is -2.53. The molecule has 0 radical (unpaired) electrons. The van der Waals surface area contributed by atoms with Gasteiger partial charge in [-0.25, -0.2) is 9.18 Å². The average Bonchev–Trinajstić information content (AvgIpc) is 2.90. The number of rotatable bonds is 3. The van der Waals surface area contributed by atoms with Gasteiger partial charge in [-0.1, -0.05) is 19.3 Å². The van der Waals surface area contributed by atoms with Gasteiger partial charge in [0.05, 0.1) is 6.54 Å². The van der Waals surface area contributed by atoms with Gasteiger partial charge in [-0.3, -0.25) is 4.79 Å². The molecule has 5 nitrogen and oxygen atoms in total. The molecular weight excluding hydrogens is 299 g/mol. The minimum atomic E-state index is -0.951. The molecule has 2 aliphatic rings. The summed E-state index contributed by atoms with van der Waals surface area (Å²) in [5.41, 5.74) is -0.609. The van der Waals surface area contributed by atoms with Gasteiger partial charge < -0.3 is 15.0 Å². The molecule has 1 heterocycles. The van der Waals surface area contributed by atoms with E-state index in [1.54, 1.807) is 25.7 Å². The van der Waals surface area contributed by atoms with Crippen molar-refractivity contribution in [1.29, 1.82) is 0 Å². The maximum absolute atomic E-state index is 13.4. The highest BCUT2D eigenvalue weighted by atomic mass is 19.1. The van der Waals surface area contributed by atoms with Crippen molar-refractivity contribution in [2.75, 3.05) is 13.1 Å². The summed E-state index contributed by atoms with van der Waals surface area (Å²) < 4.78 is 18.7. The first-order valence-electron chi connectivity index (χ1n) is 8.68. The number of hydrogen-bond acceptors (Lipinski definition) is 3. The third kappa shape index (κ3) is 5.36. The normalized spacial score (nSPS) is 24.3. The van der Waals surface area contributed by atoms with E-state index in [0.29, 0.717) is 13.0 Å². The van der Waals surface area contributed by atoms with Crippen LogP contribution in [0.5, 0.6) is 0 Å². The molecule has 2 fully saturated rings. The molecule has 2 amide bonds. The molecule has 132 valence electrons. The molecule has 0 aromatic heterocycles. The highest BCUT2D eigenvalue weighted by Crippen LogP contribution is 2.28. The predicted octanol–water partition coefficient (Wildman–Crippen LogP) is 3.03. The SMILES string of the molecule is CC(C)(C)OC(=O)N[C@H](C(=O)N1CC[C@H](F)C1)C1CCCCC1. The van der Waals surface area contributed by atoms with Crippen molar-refractivity contribution in [3.05, 3.63) is 0 Å². The van der Waals surface area contributed by atoms with Crippen LogP contribution in [0, 0.1) is 5.92 Å². The molecule has 2 atom stereocenters. The van der Waals surface area contributed by atoms with Crippen molar-refractivity contribution in [3.63, 3.8) is 0 Å². The number of amides is 2. The fraction of sp³-hybridized carbons (Fsp3) is 0.882. The zero-order chi connectivity index (χ0) is 17.0. The summed E-state index contributed by atoms with van der Waals surface area (Å²) in [7, 11) is 0. The Morgan fingerprint density at radius 1 is 1.17 bits per heavy atom. The van der Waals surface area contributed by atoms with E-state index in [1.165, 1.54) is 6.42 Å². The first-order valence-corrected chi connectivity index (χ1v) is 8.68. The van der Waals surface area contributed by atoms with Gasteiger partial charge in [-0.2, -0.15) is 0 Å². The second-order valence-corrected chi connectivity index (χ2v) is 7.69. The number of nitrogens with zero attached hydrogens (tertiary/aromatic N) is 1. The van der Waals surface area contributed by atoms with E-state index in [9.17, 15) is 14.0 Å². The number of hydrogen-bond donors (Lipinski definition) is 1. The molecule has 2 rings (SSSR count). The van der Waals surface area contributed by atoms with Crippen molar-refractivity contribution in [2.45, 2.75) is 77.1 Å². The van der Waals surface area contributed by atoms with Crippen LogP contribution in [0.4, 0.5) is 9.18 Å².